The molecule has 1 aliphatic rings. The zero-order valence-corrected chi connectivity index (χ0v) is 11.4. The van der Waals surface area contributed by atoms with E-state index in [-0.39, 0.29) is 17.4 Å². The van der Waals surface area contributed by atoms with Crippen LogP contribution in [0.1, 0.15) is 50.0 Å². The number of nitrogens with one attached hydrogen (secondary N) is 1. The average Bonchev–Trinajstić information content (AvgIpc) is 2.72. The lowest BCUT2D eigenvalue weighted by Crippen LogP contribution is -2.37. The van der Waals surface area contributed by atoms with Crippen LogP contribution < -0.4 is 5.48 Å². The molecule has 1 amide bonds. The number of hydroxylamine groups is 1. The molecule has 4 heteroatoms. The first-order valence-electron chi connectivity index (χ1n) is 6.01. The van der Waals surface area contributed by atoms with Gasteiger partial charge in [0.05, 0.1) is 11.5 Å². The molecule has 0 saturated heterocycles. The highest BCUT2D eigenvalue weighted by Gasteiger charge is 2.28. The summed E-state index contributed by atoms with van der Waals surface area (Å²) in [5.41, 5.74) is 3.43. The molecule has 0 aliphatic heterocycles. The number of rotatable bonds is 2. The number of hydrogen-bond donors (Lipinski definition) is 1. The molecule has 3 nitrogen and oxygen atoms in total. The first-order valence-corrected chi connectivity index (χ1v) is 6.89. The van der Waals surface area contributed by atoms with Crippen LogP contribution >= 0.6 is 11.3 Å². The highest BCUT2D eigenvalue weighted by Crippen LogP contribution is 2.35. The number of fused-ring (bicyclic) bond motifs is 1. The Morgan fingerprint density at radius 3 is 3.00 bits per heavy atom. The fourth-order valence-corrected chi connectivity index (χ4v) is 3.02. The van der Waals surface area contributed by atoms with E-state index in [1.165, 1.54) is 10.4 Å². The van der Waals surface area contributed by atoms with Gasteiger partial charge < -0.3 is 0 Å². The number of thiophene rings is 1. The summed E-state index contributed by atoms with van der Waals surface area (Å²) in [5.74, 6) is -0.0494. The highest BCUT2D eigenvalue weighted by atomic mass is 32.1. The molecule has 94 valence electrons. The van der Waals surface area contributed by atoms with E-state index in [1.54, 1.807) is 11.3 Å². The Morgan fingerprint density at radius 1 is 1.53 bits per heavy atom. The Labute approximate surface area is 106 Å². The van der Waals surface area contributed by atoms with Crippen LogP contribution in [0.5, 0.6) is 0 Å². The SMILES string of the molecule is CC(C)(C)ONC(=O)C1CCCc2sccc21. The van der Waals surface area contributed by atoms with E-state index in [1.807, 2.05) is 20.8 Å². The van der Waals surface area contributed by atoms with Crippen LogP contribution in [0.25, 0.3) is 0 Å². The van der Waals surface area contributed by atoms with Crippen molar-refractivity contribution in [1.82, 2.24) is 5.48 Å². The summed E-state index contributed by atoms with van der Waals surface area (Å²) in [7, 11) is 0. The summed E-state index contributed by atoms with van der Waals surface area (Å²) < 4.78 is 0. The second-order valence-corrected chi connectivity index (χ2v) is 6.43. The molecule has 2 rings (SSSR count). The van der Waals surface area contributed by atoms with E-state index in [4.69, 9.17) is 4.84 Å². The summed E-state index contributed by atoms with van der Waals surface area (Å²) in [5, 5.41) is 2.07. The maximum atomic E-state index is 12.1. The predicted molar refractivity (Wildman–Crippen MR) is 69.0 cm³/mol. The first-order chi connectivity index (χ1) is 7.97. The number of carbonyl (C=O) groups excluding carboxylic acids is 1. The lowest BCUT2D eigenvalue weighted by atomic mass is 9.87. The summed E-state index contributed by atoms with van der Waals surface area (Å²) in [4.78, 5) is 18.8. The van der Waals surface area contributed by atoms with Gasteiger partial charge in [0, 0.05) is 4.88 Å². The summed E-state index contributed by atoms with van der Waals surface area (Å²) in [6.45, 7) is 5.76. The molecule has 1 N–H and O–H groups in total. The van der Waals surface area contributed by atoms with Crippen molar-refractivity contribution < 1.29 is 9.63 Å². The average molecular weight is 253 g/mol. The van der Waals surface area contributed by atoms with Crippen molar-refractivity contribution in [1.29, 1.82) is 0 Å². The fraction of sp³-hybridized carbons (Fsp3) is 0.615. The summed E-state index contributed by atoms with van der Waals surface area (Å²) in [6, 6.07) is 2.07. The van der Waals surface area contributed by atoms with Crippen LogP contribution in [0.4, 0.5) is 0 Å². The van der Waals surface area contributed by atoms with Gasteiger partial charge in [-0.2, -0.15) is 0 Å². The van der Waals surface area contributed by atoms with Crippen molar-refractivity contribution in [3.63, 3.8) is 0 Å². The molecule has 0 bridgehead atoms. The first kappa shape index (κ1) is 12.6. The maximum Gasteiger partial charge on any atom is 0.251 e. The van der Waals surface area contributed by atoms with Gasteiger partial charge in [0.25, 0.3) is 5.91 Å². The molecule has 0 fully saturated rings. The minimum atomic E-state index is -0.345. The monoisotopic (exact) mass is 253 g/mol. The van der Waals surface area contributed by atoms with E-state index in [2.05, 4.69) is 16.9 Å². The number of hydrogen-bond acceptors (Lipinski definition) is 3. The third-order valence-electron chi connectivity index (χ3n) is 2.83. The second-order valence-electron chi connectivity index (χ2n) is 5.42. The zero-order valence-electron chi connectivity index (χ0n) is 10.6. The van der Waals surface area contributed by atoms with E-state index in [0.717, 1.165) is 19.3 Å². The molecule has 1 aromatic heterocycles. The van der Waals surface area contributed by atoms with Crippen LogP contribution in [-0.4, -0.2) is 11.5 Å². The molecule has 1 aliphatic carbocycles. The molecule has 0 saturated carbocycles. The van der Waals surface area contributed by atoms with Crippen molar-refractivity contribution in [2.24, 2.45) is 0 Å². The van der Waals surface area contributed by atoms with Gasteiger partial charge in [-0.05, 0) is 57.0 Å². The number of amides is 1. The standard InChI is InChI=1S/C13H19NO2S/c1-13(2,3)16-14-12(15)10-5-4-6-11-9(10)7-8-17-11/h7-8,10H,4-6H2,1-3H3,(H,14,15). The van der Waals surface area contributed by atoms with E-state index < -0.39 is 0 Å². The molecule has 1 heterocycles. The molecular weight excluding hydrogens is 234 g/mol. The van der Waals surface area contributed by atoms with E-state index >= 15 is 0 Å². The van der Waals surface area contributed by atoms with Crippen LogP contribution in [0.3, 0.4) is 0 Å². The lowest BCUT2D eigenvalue weighted by molar-refractivity contribution is -0.147. The lowest BCUT2D eigenvalue weighted by Gasteiger charge is -2.24. The Kier molecular flexibility index (Phi) is 3.54. The van der Waals surface area contributed by atoms with Crippen LogP contribution in [0, 0.1) is 0 Å². The topological polar surface area (TPSA) is 38.3 Å². The largest absolute Gasteiger partial charge is 0.272 e. The number of aryl methyl sites for hydroxylation is 1. The molecule has 1 unspecified atom stereocenters. The van der Waals surface area contributed by atoms with Gasteiger partial charge in [0.1, 0.15) is 0 Å². The van der Waals surface area contributed by atoms with Crippen molar-refractivity contribution in [2.75, 3.05) is 0 Å². The van der Waals surface area contributed by atoms with Gasteiger partial charge >= 0.3 is 0 Å². The van der Waals surface area contributed by atoms with Gasteiger partial charge in [-0.25, -0.2) is 5.48 Å². The van der Waals surface area contributed by atoms with Crippen LogP contribution in [0.2, 0.25) is 0 Å². The molecule has 17 heavy (non-hydrogen) atoms. The van der Waals surface area contributed by atoms with E-state index in [9.17, 15) is 4.79 Å². The number of carbonyl (C=O) groups is 1. The van der Waals surface area contributed by atoms with Crippen LogP contribution in [0.15, 0.2) is 11.4 Å². The van der Waals surface area contributed by atoms with Gasteiger partial charge in [-0.15, -0.1) is 11.3 Å². The van der Waals surface area contributed by atoms with Gasteiger partial charge in [0.15, 0.2) is 0 Å². The van der Waals surface area contributed by atoms with Crippen molar-refractivity contribution in [2.45, 2.75) is 51.6 Å². The van der Waals surface area contributed by atoms with Crippen molar-refractivity contribution in [3.05, 3.63) is 21.9 Å². The Bertz CT molecular complexity index is 406. The zero-order chi connectivity index (χ0) is 12.5. The highest BCUT2D eigenvalue weighted by molar-refractivity contribution is 7.10. The van der Waals surface area contributed by atoms with Crippen molar-refractivity contribution in [3.8, 4) is 0 Å². The quantitative estimate of drug-likeness (QED) is 0.823. The molecule has 1 aromatic rings. The Hall–Kier alpha value is -0.870. The summed E-state index contributed by atoms with van der Waals surface area (Å²) in [6.07, 6.45) is 3.11. The second kappa shape index (κ2) is 4.78. The Balaban J connectivity index is 2.02. The maximum absolute atomic E-state index is 12.1. The molecule has 0 radical (unpaired) electrons. The van der Waals surface area contributed by atoms with Gasteiger partial charge in [0.2, 0.25) is 0 Å². The minimum absolute atomic E-state index is 0.0146. The molecule has 0 aromatic carbocycles. The molecule has 0 spiro atoms. The molecule has 1 atom stereocenters. The molecular formula is C13H19NO2S. The predicted octanol–water partition coefficient (Wildman–Crippen LogP) is 3.01. The minimum Gasteiger partial charge on any atom is -0.272 e. The third-order valence-corrected chi connectivity index (χ3v) is 3.82. The van der Waals surface area contributed by atoms with Crippen LogP contribution in [-0.2, 0) is 16.1 Å². The Morgan fingerprint density at radius 2 is 2.29 bits per heavy atom. The van der Waals surface area contributed by atoms with Gasteiger partial charge in [-0.3, -0.25) is 9.63 Å². The van der Waals surface area contributed by atoms with E-state index in [0.29, 0.717) is 0 Å². The summed E-state index contributed by atoms with van der Waals surface area (Å²) >= 11 is 1.75. The van der Waals surface area contributed by atoms with Crippen molar-refractivity contribution >= 4 is 17.2 Å². The smallest absolute Gasteiger partial charge is 0.251 e. The van der Waals surface area contributed by atoms with Gasteiger partial charge in [-0.1, -0.05) is 0 Å². The normalized spacial score (nSPS) is 19.8. The third kappa shape index (κ3) is 3.07. The fourth-order valence-electron chi connectivity index (χ4n) is 2.03.